The van der Waals surface area contributed by atoms with Crippen molar-refractivity contribution >= 4 is 40.5 Å². The van der Waals surface area contributed by atoms with E-state index in [0.29, 0.717) is 18.5 Å². The lowest BCUT2D eigenvalue weighted by atomic mass is 9.98. The van der Waals surface area contributed by atoms with Gasteiger partial charge in [-0.2, -0.15) is 14.9 Å². The molecule has 5 N–H and O–H groups in total. The largest absolute Gasteiger partial charge is 0.480 e. The first-order chi connectivity index (χ1) is 19.6. The molecule has 13 heteroatoms. The molecule has 4 rings (SSSR count). The van der Waals surface area contributed by atoms with Gasteiger partial charge in [-0.25, -0.2) is 8.42 Å². The number of hydrogen-bond acceptors (Lipinski definition) is 8. The summed E-state index contributed by atoms with van der Waals surface area (Å²) in [5.74, 6) is 3.39. The zero-order chi connectivity index (χ0) is 29.4. The molecule has 0 spiro atoms. The molecule has 0 aliphatic carbocycles. The Morgan fingerprint density at radius 3 is 2.48 bits per heavy atom. The van der Waals surface area contributed by atoms with Gasteiger partial charge in [0, 0.05) is 13.1 Å². The molecule has 1 saturated heterocycles. The molecule has 1 fully saturated rings. The molecule has 1 amide bonds. The van der Waals surface area contributed by atoms with Crippen molar-refractivity contribution in [3.63, 3.8) is 0 Å². The third-order valence-corrected chi connectivity index (χ3v) is 8.13. The lowest BCUT2D eigenvalue weighted by molar-refractivity contribution is -0.174. The summed E-state index contributed by atoms with van der Waals surface area (Å²) in [5, 5.41) is 17.5. The standard InChI is InChI=1S/C29H33N5O6S.ClH/c1-20-6-5-9-25(14-20)41(38,39)33-26(29(36)37)18-31-28(35)16-24-15-27(23-12-10-21(11-13-23)17-32-30)34(40-24)19-22-7-3-2-4-8-22;/h2-14,17,24,26-27,33H,15-16,18-19,30H2,1H3,(H,31,35)(H,36,37);1H/t24-,26-,27+;/m0./s1. The van der Waals surface area contributed by atoms with Gasteiger partial charge in [0.2, 0.25) is 15.9 Å². The van der Waals surface area contributed by atoms with Crippen LogP contribution in [0.2, 0.25) is 0 Å². The van der Waals surface area contributed by atoms with E-state index in [1.54, 1.807) is 25.3 Å². The maximum Gasteiger partial charge on any atom is 0.323 e. The number of aryl methyl sites for hydroxylation is 1. The van der Waals surface area contributed by atoms with E-state index < -0.39 is 40.6 Å². The Morgan fingerprint density at radius 1 is 1.12 bits per heavy atom. The normalized spacial score (nSPS) is 17.9. The first-order valence-electron chi connectivity index (χ1n) is 13.0. The van der Waals surface area contributed by atoms with Gasteiger partial charge in [0.05, 0.1) is 29.7 Å². The number of amides is 1. The molecule has 1 aliphatic rings. The van der Waals surface area contributed by atoms with Crippen LogP contribution in [0.1, 0.15) is 41.1 Å². The maximum absolute atomic E-state index is 12.8. The highest BCUT2D eigenvalue weighted by atomic mass is 35.5. The number of hydrazone groups is 1. The predicted octanol–water partition coefficient (Wildman–Crippen LogP) is 2.89. The number of carbonyl (C=O) groups excluding carboxylic acids is 1. The predicted molar refractivity (Wildman–Crippen MR) is 160 cm³/mol. The highest BCUT2D eigenvalue weighted by molar-refractivity contribution is 7.89. The number of hydroxylamine groups is 2. The fraction of sp³-hybridized carbons (Fsp3) is 0.276. The quantitative estimate of drug-likeness (QED) is 0.137. The Bertz CT molecular complexity index is 1490. The second-order valence-electron chi connectivity index (χ2n) is 9.82. The van der Waals surface area contributed by atoms with Gasteiger partial charge < -0.3 is 16.3 Å². The zero-order valence-corrected chi connectivity index (χ0v) is 24.6. The summed E-state index contributed by atoms with van der Waals surface area (Å²) in [5.41, 5.74) is 3.60. The number of sulfonamides is 1. The van der Waals surface area contributed by atoms with Crippen molar-refractivity contribution in [2.45, 2.75) is 49.4 Å². The van der Waals surface area contributed by atoms with Gasteiger partial charge >= 0.3 is 5.97 Å². The van der Waals surface area contributed by atoms with Gasteiger partial charge in [0.1, 0.15) is 6.04 Å². The molecular formula is C29H34ClN5O6S. The fourth-order valence-electron chi connectivity index (χ4n) is 4.61. The number of nitrogens with one attached hydrogen (secondary N) is 2. The van der Waals surface area contributed by atoms with Crippen molar-refractivity contribution in [3.05, 3.63) is 101 Å². The summed E-state index contributed by atoms with van der Waals surface area (Å²) in [6, 6.07) is 22.0. The second-order valence-corrected chi connectivity index (χ2v) is 11.5. The average molecular weight is 616 g/mol. The van der Waals surface area contributed by atoms with Crippen molar-refractivity contribution in [2.75, 3.05) is 6.54 Å². The van der Waals surface area contributed by atoms with Crippen molar-refractivity contribution in [3.8, 4) is 0 Å². The number of hydrogen-bond donors (Lipinski definition) is 4. The van der Waals surface area contributed by atoms with Gasteiger partial charge in [-0.3, -0.25) is 14.4 Å². The highest BCUT2D eigenvalue weighted by Crippen LogP contribution is 2.36. The lowest BCUT2D eigenvalue weighted by Gasteiger charge is -2.23. The van der Waals surface area contributed by atoms with Crippen molar-refractivity contribution in [2.24, 2.45) is 10.9 Å². The molecule has 0 unspecified atom stereocenters. The Balaban J connectivity index is 0.00000484. The Kier molecular flexibility index (Phi) is 11.6. The smallest absolute Gasteiger partial charge is 0.323 e. The third kappa shape index (κ3) is 8.84. The average Bonchev–Trinajstić information content (AvgIpc) is 3.33. The van der Waals surface area contributed by atoms with Crippen LogP contribution in [0.3, 0.4) is 0 Å². The fourth-order valence-corrected chi connectivity index (χ4v) is 5.90. The molecule has 0 radical (unpaired) electrons. The van der Waals surface area contributed by atoms with Crippen LogP contribution in [0.4, 0.5) is 0 Å². The SMILES string of the molecule is Cc1cccc(S(=O)(=O)N[C@@H](CNC(=O)C[C@@H]2C[C@H](c3ccc(C=NN)cc3)N(Cc3ccccc3)O2)C(=O)O)c1.Cl. The molecule has 0 bridgehead atoms. The number of rotatable bonds is 12. The number of carboxylic acids is 1. The van der Waals surface area contributed by atoms with E-state index in [4.69, 9.17) is 10.7 Å². The Hall–Kier alpha value is -3.81. The van der Waals surface area contributed by atoms with Crippen LogP contribution >= 0.6 is 12.4 Å². The van der Waals surface area contributed by atoms with Gasteiger partial charge in [-0.1, -0.05) is 66.7 Å². The second kappa shape index (κ2) is 14.9. The van der Waals surface area contributed by atoms with E-state index in [0.717, 1.165) is 16.7 Å². The summed E-state index contributed by atoms with van der Waals surface area (Å²) < 4.78 is 27.6. The molecular weight excluding hydrogens is 582 g/mol. The van der Waals surface area contributed by atoms with E-state index in [1.165, 1.54) is 12.1 Å². The first-order valence-corrected chi connectivity index (χ1v) is 14.5. The van der Waals surface area contributed by atoms with Crippen LogP contribution in [0.25, 0.3) is 0 Å². The van der Waals surface area contributed by atoms with Crippen LogP contribution in [-0.2, 0) is 31.0 Å². The molecule has 42 heavy (non-hydrogen) atoms. The molecule has 0 aromatic heterocycles. The van der Waals surface area contributed by atoms with Crippen LogP contribution in [-0.4, -0.2) is 55.4 Å². The van der Waals surface area contributed by atoms with Gasteiger partial charge in [0.25, 0.3) is 0 Å². The van der Waals surface area contributed by atoms with E-state index in [1.807, 2.05) is 59.7 Å². The molecule has 3 aromatic rings. The van der Waals surface area contributed by atoms with Gasteiger partial charge in [-0.15, -0.1) is 12.4 Å². The molecule has 224 valence electrons. The first kappa shape index (κ1) is 32.7. The number of nitrogens with zero attached hydrogens (tertiary/aromatic N) is 2. The molecule has 3 atom stereocenters. The molecule has 1 heterocycles. The van der Waals surface area contributed by atoms with Gasteiger partial charge in [0.15, 0.2) is 0 Å². The highest BCUT2D eigenvalue weighted by Gasteiger charge is 2.36. The molecule has 3 aromatic carbocycles. The minimum Gasteiger partial charge on any atom is -0.480 e. The van der Waals surface area contributed by atoms with Gasteiger partial charge in [-0.05, 0) is 47.7 Å². The van der Waals surface area contributed by atoms with Crippen LogP contribution < -0.4 is 15.9 Å². The number of carbonyl (C=O) groups is 2. The zero-order valence-electron chi connectivity index (χ0n) is 22.9. The summed E-state index contributed by atoms with van der Waals surface area (Å²) in [4.78, 5) is 30.7. The third-order valence-electron chi connectivity index (χ3n) is 6.66. The number of nitrogens with two attached hydrogens (primary N) is 1. The Labute approximate surface area is 251 Å². The van der Waals surface area contributed by atoms with Crippen molar-refractivity contribution < 1.29 is 28.0 Å². The summed E-state index contributed by atoms with van der Waals surface area (Å²) >= 11 is 0. The summed E-state index contributed by atoms with van der Waals surface area (Å²) in [6.45, 7) is 1.81. The summed E-state index contributed by atoms with van der Waals surface area (Å²) in [6.07, 6.45) is 1.57. The minimum absolute atomic E-state index is 0. The van der Waals surface area contributed by atoms with E-state index in [2.05, 4.69) is 15.1 Å². The summed E-state index contributed by atoms with van der Waals surface area (Å²) in [7, 11) is -4.11. The molecule has 0 saturated carbocycles. The van der Waals surface area contributed by atoms with Crippen molar-refractivity contribution in [1.82, 2.24) is 15.1 Å². The maximum atomic E-state index is 12.8. The number of benzene rings is 3. The monoisotopic (exact) mass is 615 g/mol. The number of carboxylic acid groups (broad SMARTS) is 1. The van der Waals surface area contributed by atoms with E-state index in [9.17, 15) is 23.1 Å². The lowest BCUT2D eigenvalue weighted by Crippen LogP contribution is -2.48. The van der Waals surface area contributed by atoms with E-state index in [-0.39, 0.29) is 29.8 Å². The van der Waals surface area contributed by atoms with Crippen LogP contribution in [0.5, 0.6) is 0 Å². The number of halogens is 1. The van der Waals surface area contributed by atoms with Crippen LogP contribution in [0.15, 0.2) is 88.9 Å². The van der Waals surface area contributed by atoms with Crippen LogP contribution in [0, 0.1) is 6.92 Å². The molecule has 11 nitrogen and oxygen atoms in total. The van der Waals surface area contributed by atoms with Crippen molar-refractivity contribution in [1.29, 1.82) is 0 Å². The Morgan fingerprint density at radius 2 is 1.83 bits per heavy atom. The molecule has 1 aliphatic heterocycles. The minimum atomic E-state index is -4.11. The number of aliphatic carboxylic acids is 1. The topological polar surface area (TPSA) is 163 Å². The van der Waals surface area contributed by atoms with E-state index >= 15 is 0 Å².